The molecule has 1 aromatic heterocycles. The summed E-state index contributed by atoms with van der Waals surface area (Å²) in [7, 11) is 1.98. The second-order valence-corrected chi connectivity index (χ2v) is 5.54. The van der Waals surface area contributed by atoms with Gasteiger partial charge in [0.05, 0.1) is 12.3 Å². The summed E-state index contributed by atoms with van der Waals surface area (Å²) in [4.78, 5) is 0. The number of fused-ring (bicyclic) bond motifs is 1. The van der Waals surface area contributed by atoms with Crippen molar-refractivity contribution in [3.63, 3.8) is 0 Å². The lowest BCUT2D eigenvalue weighted by Crippen LogP contribution is -2.32. The summed E-state index contributed by atoms with van der Waals surface area (Å²) < 4.78 is 13.1. The number of aryl methyl sites for hydroxylation is 1. The molecular formula is C14H23N3O2. The summed E-state index contributed by atoms with van der Waals surface area (Å²) in [5.74, 6) is 0.751. The Hall–Kier alpha value is -0.910. The molecule has 0 spiro atoms. The van der Waals surface area contributed by atoms with Gasteiger partial charge in [0.25, 0.3) is 0 Å². The molecule has 19 heavy (non-hydrogen) atoms. The highest BCUT2D eigenvalue weighted by atomic mass is 16.5. The third-order valence-electron chi connectivity index (χ3n) is 4.04. The molecule has 3 rings (SSSR count). The normalized spacial score (nSPS) is 24.4. The predicted molar refractivity (Wildman–Crippen MR) is 72.0 cm³/mol. The van der Waals surface area contributed by atoms with E-state index in [1.54, 1.807) is 0 Å². The summed E-state index contributed by atoms with van der Waals surface area (Å²) in [6, 6.07) is 0. The fraction of sp³-hybridized carbons (Fsp3) is 0.786. The summed E-state index contributed by atoms with van der Waals surface area (Å²) in [6.07, 6.45) is 5.56. The molecule has 0 aliphatic carbocycles. The Morgan fingerprint density at radius 3 is 3.00 bits per heavy atom. The summed E-state index contributed by atoms with van der Waals surface area (Å²) in [5.41, 5.74) is 2.46. The van der Waals surface area contributed by atoms with Crippen LogP contribution in [0.3, 0.4) is 0 Å². The van der Waals surface area contributed by atoms with Crippen molar-refractivity contribution in [2.24, 2.45) is 13.0 Å². The Kier molecular flexibility index (Phi) is 4.15. The van der Waals surface area contributed by atoms with Crippen LogP contribution in [0.5, 0.6) is 0 Å². The van der Waals surface area contributed by atoms with E-state index in [9.17, 15) is 0 Å². The quantitative estimate of drug-likeness (QED) is 0.884. The lowest BCUT2D eigenvalue weighted by molar-refractivity contribution is 0.0353. The molecule has 0 aromatic carbocycles. The maximum absolute atomic E-state index is 5.84. The van der Waals surface area contributed by atoms with Gasteiger partial charge < -0.3 is 14.8 Å². The average molecular weight is 265 g/mol. The monoisotopic (exact) mass is 265 g/mol. The number of hydrogen-bond acceptors (Lipinski definition) is 4. The van der Waals surface area contributed by atoms with E-state index < -0.39 is 0 Å². The Labute approximate surface area is 114 Å². The molecule has 1 N–H and O–H groups in total. The first kappa shape index (κ1) is 13.1. The maximum Gasteiger partial charge on any atom is 0.114 e. The van der Waals surface area contributed by atoms with Crippen LogP contribution in [-0.2, 0) is 22.9 Å². The van der Waals surface area contributed by atoms with Crippen molar-refractivity contribution in [2.75, 3.05) is 32.9 Å². The average Bonchev–Trinajstić information content (AvgIpc) is 2.81. The number of rotatable bonds is 4. The van der Waals surface area contributed by atoms with Crippen LogP contribution in [0.4, 0.5) is 0 Å². The summed E-state index contributed by atoms with van der Waals surface area (Å²) in [5, 5.41) is 8.07. The predicted octanol–water partition coefficient (Wildman–Crippen LogP) is 1.05. The van der Waals surface area contributed by atoms with E-state index in [2.05, 4.69) is 16.6 Å². The fourth-order valence-corrected chi connectivity index (χ4v) is 2.93. The summed E-state index contributed by atoms with van der Waals surface area (Å²) >= 11 is 0. The molecule has 1 atom stereocenters. The number of aromatic nitrogens is 2. The molecule has 1 saturated heterocycles. The Morgan fingerprint density at radius 1 is 1.32 bits per heavy atom. The van der Waals surface area contributed by atoms with Crippen LogP contribution < -0.4 is 5.32 Å². The van der Waals surface area contributed by atoms with Crippen molar-refractivity contribution in [2.45, 2.75) is 25.4 Å². The molecular weight excluding hydrogens is 242 g/mol. The lowest BCUT2D eigenvalue weighted by atomic mass is 10.00. The van der Waals surface area contributed by atoms with E-state index in [1.807, 2.05) is 11.7 Å². The van der Waals surface area contributed by atoms with Gasteiger partial charge in [0.15, 0.2) is 0 Å². The van der Waals surface area contributed by atoms with E-state index in [-0.39, 0.29) is 6.10 Å². The van der Waals surface area contributed by atoms with Crippen LogP contribution >= 0.6 is 0 Å². The van der Waals surface area contributed by atoms with Gasteiger partial charge in [-0.15, -0.1) is 0 Å². The molecule has 106 valence electrons. The van der Waals surface area contributed by atoms with Gasteiger partial charge in [-0.05, 0) is 37.3 Å². The highest BCUT2D eigenvalue weighted by Gasteiger charge is 2.24. The van der Waals surface area contributed by atoms with Gasteiger partial charge in [0.1, 0.15) is 6.10 Å². The molecule has 1 aromatic rings. The Bertz CT molecular complexity index is 413. The second kappa shape index (κ2) is 6.03. The zero-order valence-electron chi connectivity index (χ0n) is 11.6. The Morgan fingerprint density at radius 2 is 2.16 bits per heavy atom. The van der Waals surface area contributed by atoms with E-state index >= 15 is 0 Å². The minimum atomic E-state index is 0.116. The topological polar surface area (TPSA) is 48.3 Å². The molecule has 0 unspecified atom stereocenters. The zero-order chi connectivity index (χ0) is 13.1. The van der Waals surface area contributed by atoms with E-state index in [1.165, 1.54) is 18.4 Å². The summed E-state index contributed by atoms with van der Waals surface area (Å²) in [6.45, 7) is 4.56. The van der Waals surface area contributed by atoms with Crippen molar-refractivity contribution in [1.82, 2.24) is 15.1 Å². The lowest BCUT2D eigenvalue weighted by Gasteiger charge is -2.25. The van der Waals surface area contributed by atoms with Gasteiger partial charge in [-0.1, -0.05) is 0 Å². The van der Waals surface area contributed by atoms with Gasteiger partial charge in [0.2, 0.25) is 0 Å². The zero-order valence-corrected chi connectivity index (χ0v) is 11.6. The van der Waals surface area contributed by atoms with Crippen LogP contribution in [0.1, 0.15) is 30.2 Å². The molecule has 0 amide bonds. The van der Waals surface area contributed by atoms with E-state index in [0.29, 0.717) is 0 Å². The van der Waals surface area contributed by atoms with Crippen LogP contribution in [0.25, 0.3) is 0 Å². The van der Waals surface area contributed by atoms with Gasteiger partial charge >= 0.3 is 0 Å². The first-order valence-electron chi connectivity index (χ1n) is 7.25. The first-order chi connectivity index (χ1) is 9.33. The Balaban J connectivity index is 1.50. The largest absolute Gasteiger partial charge is 0.381 e. The second-order valence-electron chi connectivity index (χ2n) is 5.54. The smallest absolute Gasteiger partial charge is 0.114 e. The molecule has 0 radical (unpaired) electrons. The van der Waals surface area contributed by atoms with Crippen molar-refractivity contribution >= 4 is 0 Å². The standard InChI is InChI=1S/C14H23N3O2/c1-17-10-12-4-7-19-13(14(12)16-17)9-15-8-11-2-5-18-6-3-11/h10-11,13,15H,2-9H2,1H3/t13-/m1/s1. The van der Waals surface area contributed by atoms with Crippen molar-refractivity contribution < 1.29 is 9.47 Å². The van der Waals surface area contributed by atoms with E-state index in [4.69, 9.17) is 9.47 Å². The first-order valence-corrected chi connectivity index (χ1v) is 7.25. The highest BCUT2D eigenvalue weighted by Crippen LogP contribution is 2.25. The minimum Gasteiger partial charge on any atom is -0.381 e. The third kappa shape index (κ3) is 3.16. The molecule has 2 aliphatic heterocycles. The number of hydrogen-bond donors (Lipinski definition) is 1. The van der Waals surface area contributed by atoms with Crippen LogP contribution in [0.15, 0.2) is 6.20 Å². The molecule has 0 saturated carbocycles. The van der Waals surface area contributed by atoms with Crippen LogP contribution in [0.2, 0.25) is 0 Å². The fourth-order valence-electron chi connectivity index (χ4n) is 2.93. The van der Waals surface area contributed by atoms with Gasteiger partial charge in [-0.25, -0.2) is 0 Å². The van der Waals surface area contributed by atoms with Gasteiger partial charge in [0, 0.05) is 33.0 Å². The molecule has 0 bridgehead atoms. The molecule has 3 heterocycles. The highest BCUT2D eigenvalue weighted by molar-refractivity contribution is 5.22. The number of nitrogens with zero attached hydrogens (tertiary/aromatic N) is 2. The van der Waals surface area contributed by atoms with E-state index in [0.717, 1.165) is 50.9 Å². The molecule has 1 fully saturated rings. The number of ether oxygens (including phenoxy) is 2. The minimum absolute atomic E-state index is 0.116. The van der Waals surface area contributed by atoms with Gasteiger partial charge in [-0.3, -0.25) is 4.68 Å². The molecule has 2 aliphatic rings. The maximum atomic E-state index is 5.84. The van der Waals surface area contributed by atoms with Crippen molar-refractivity contribution in [3.8, 4) is 0 Å². The van der Waals surface area contributed by atoms with Crippen LogP contribution in [-0.4, -0.2) is 42.7 Å². The number of nitrogens with one attached hydrogen (secondary N) is 1. The third-order valence-corrected chi connectivity index (χ3v) is 4.04. The van der Waals surface area contributed by atoms with Crippen LogP contribution in [0, 0.1) is 5.92 Å². The van der Waals surface area contributed by atoms with Crippen molar-refractivity contribution in [1.29, 1.82) is 0 Å². The SMILES string of the molecule is Cn1cc2c(n1)[C@@H](CNCC1CCOCC1)OCC2. The molecule has 5 heteroatoms. The van der Waals surface area contributed by atoms with Crippen molar-refractivity contribution in [3.05, 3.63) is 17.5 Å². The molecule has 5 nitrogen and oxygen atoms in total. The van der Waals surface area contributed by atoms with Gasteiger partial charge in [-0.2, -0.15) is 5.10 Å².